The molecule has 4 rings (SSSR count). The minimum absolute atomic E-state index is 0.287. The van der Waals surface area contributed by atoms with Gasteiger partial charge in [0.1, 0.15) is 5.82 Å². The number of hydrogen-bond donors (Lipinski definition) is 2. The third-order valence-corrected chi connectivity index (χ3v) is 3.65. The van der Waals surface area contributed by atoms with Gasteiger partial charge in [0, 0.05) is 16.9 Å². The van der Waals surface area contributed by atoms with E-state index in [1.54, 1.807) is 22.7 Å². The molecule has 0 amide bonds. The summed E-state index contributed by atoms with van der Waals surface area (Å²) in [5.74, 6) is 0.175. The molecule has 0 saturated carbocycles. The lowest BCUT2D eigenvalue weighted by Gasteiger charge is -2.04. The summed E-state index contributed by atoms with van der Waals surface area (Å²) in [7, 11) is 0. The number of halogens is 1. The van der Waals surface area contributed by atoms with Gasteiger partial charge in [-0.1, -0.05) is 18.2 Å². The van der Waals surface area contributed by atoms with E-state index in [0.29, 0.717) is 17.3 Å². The van der Waals surface area contributed by atoms with E-state index in [4.69, 9.17) is 5.73 Å². The lowest BCUT2D eigenvalue weighted by atomic mass is 10.1. The van der Waals surface area contributed by atoms with Crippen molar-refractivity contribution in [2.24, 2.45) is 0 Å². The third kappa shape index (κ3) is 2.65. The van der Waals surface area contributed by atoms with E-state index >= 15 is 0 Å². The highest BCUT2D eigenvalue weighted by atomic mass is 19.1. The number of nitrogen functional groups attached to an aromatic ring is 1. The number of rotatable bonds is 3. The molecule has 0 unspecified atom stereocenters. The fourth-order valence-electron chi connectivity index (χ4n) is 2.52. The second-order valence-corrected chi connectivity index (χ2v) is 5.37. The van der Waals surface area contributed by atoms with Crippen LogP contribution in [0.3, 0.4) is 0 Å². The molecular formula is C18H14FN5. The van der Waals surface area contributed by atoms with Gasteiger partial charge < -0.3 is 11.1 Å². The third-order valence-electron chi connectivity index (χ3n) is 3.65. The fraction of sp³-hybridized carbons (Fsp3) is 0. The second kappa shape index (κ2) is 5.66. The highest BCUT2D eigenvalue weighted by molar-refractivity contribution is 5.65. The van der Waals surface area contributed by atoms with E-state index < -0.39 is 0 Å². The van der Waals surface area contributed by atoms with E-state index in [9.17, 15) is 4.39 Å². The minimum Gasteiger partial charge on any atom is -0.399 e. The Kier molecular flexibility index (Phi) is 3.35. The molecule has 0 saturated heterocycles. The van der Waals surface area contributed by atoms with Gasteiger partial charge in [-0.2, -0.15) is 4.98 Å². The maximum absolute atomic E-state index is 13.5. The van der Waals surface area contributed by atoms with Crippen molar-refractivity contribution < 1.29 is 4.39 Å². The first-order valence-corrected chi connectivity index (χ1v) is 7.43. The Labute approximate surface area is 137 Å². The topological polar surface area (TPSA) is 68.2 Å². The lowest BCUT2D eigenvalue weighted by molar-refractivity contribution is 0.628. The average Bonchev–Trinajstić information content (AvgIpc) is 2.99. The molecule has 0 fully saturated rings. The summed E-state index contributed by atoms with van der Waals surface area (Å²) in [6, 6.07) is 19.3. The molecule has 2 aromatic carbocycles. The molecule has 3 N–H and O–H groups in total. The van der Waals surface area contributed by atoms with Crippen LogP contribution in [0.15, 0.2) is 66.7 Å². The molecule has 0 atom stereocenters. The van der Waals surface area contributed by atoms with Gasteiger partial charge in [0.05, 0.1) is 5.69 Å². The zero-order valence-corrected chi connectivity index (χ0v) is 12.6. The number of nitrogens with zero attached hydrogens (tertiary/aromatic N) is 3. The number of nitrogens with two attached hydrogens (primary N) is 1. The normalized spacial score (nSPS) is 10.9. The van der Waals surface area contributed by atoms with Crippen molar-refractivity contribution in [1.82, 2.24) is 14.6 Å². The molecule has 0 radical (unpaired) electrons. The zero-order chi connectivity index (χ0) is 16.5. The number of pyridine rings is 1. The Morgan fingerprint density at radius 3 is 2.54 bits per heavy atom. The molecule has 6 heteroatoms. The van der Waals surface area contributed by atoms with Gasteiger partial charge >= 0.3 is 0 Å². The van der Waals surface area contributed by atoms with E-state index in [-0.39, 0.29) is 5.82 Å². The van der Waals surface area contributed by atoms with Gasteiger partial charge in [0.2, 0.25) is 5.95 Å². The fourth-order valence-corrected chi connectivity index (χ4v) is 2.52. The van der Waals surface area contributed by atoms with E-state index in [2.05, 4.69) is 15.4 Å². The predicted molar refractivity (Wildman–Crippen MR) is 92.5 cm³/mol. The molecule has 118 valence electrons. The Hall–Kier alpha value is -3.41. The van der Waals surface area contributed by atoms with Gasteiger partial charge in [0.15, 0.2) is 5.65 Å². The molecule has 0 aliphatic heterocycles. The highest BCUT2D eigenvalue weighted by Crippen LogP contribution is 2.22. The largest absolute Gasteiger partial charge is 0.399 e. The van der Waals surface area contributed by atoms with Crippen LogP contribution in [-0.2, 0) is 0 Å². The van der Waals surface area contributed by atoms with Crippen LogP contribution in [0.2, 0.25) is 0 Å². The SMILES string of the molecule is Nc1ccc(Nc2nc3cccc(-c4cccc(F)c4)n3n2)cc1. The Morgan fingerprint density at radius 2 is 1.75 bits per heavy atom. The van der Waals surface area contributed by atoms with Crippen LogP contribution in [0.25, 0.3) is 16.9 Å². The average molecular weight is 319 g/mol. The summed E-state index contributed by atoms with van der Waals surface area (Å²) < 4.78 is 15.2. The number of anilines is 3. The Morgan fingerprint density at radius 1 is 0.958 bits per heavy atom. The van der Waals surface area contributed by atoms with Crippen molar-refractivity contribution >= 4 is 23.0 Å². The Bertz CT molecular complexity index is 1010. The van der Waals surface area contributed by atoms with Crippen LogP contribution in [-0.4, -0.2) is 14.6 Å². The van der Waals surface area contributed by atoms with Crippen molar-refractivity contribution in [1.29, 1.82) is 0 Å². The van der Waals surface area contributed by atoms with Crippen LogP contribution < -0.4 is 11.1 Å². The van der Waals surface area contributed by atoms with Crippen molar-refractivity contribution in [2.75, 3.05) is 11.1 Å². The van der Waals surface area contributed by atoms with Crippen LogP contribution >= 0.6 is 0 Å². The van der Waals surface area contributed by atoms with Crippen molar-refractivity contribution in [2.45, 2.75) is 0 Å². The summed E-state index contributed by atoms with van der Waals surface area (Å²) in [6.07, 6.45) is 0. The molecule has 0 bridgehead atoms. The van der Waals surface area contributed by atoms with E-state index in [1.807, 2.05) is 36.4 Å². The summed E-state index contributed by atoms with van der Waals surface area (Å²) >= 11 is 0. The van der Waals surface area contributed by atoms with Gasteiger partial charge in [-0.15, -0.1) is 5.10 Å². The second-order valence-electron chi connectivity index (χ2n) is 5.37. The molecule has 0 spiro atoms. The van der Waals surface area contributed by atoms with Crippen molar-refractivity contribution in [3.63, 3.8) is 0 Å². The molecule has 24 heavy (non-hydrogen) atoms. The maximum atomic E-state index is 13.5. The van der Waals surface area contributed by atoms with Crippen LogP contribution in [0.5, 0.6) is 0 Å². The smallest absolute Gasteiger partial charge is 0.247 e. The molecular weight excluding hydrogens is 305 g/mol. The number of hydrogen-bond acceptors (Lipinski definition) is 4. The summed E-state index contributed by atoms with van der Waals surface area (Å²) in [5, 5.41) is 7.62. The highest BCUT2D eigenvalue weighted by Gasteiger charge is 2.09. The quantitative estimate of drug-likeness (QED) is 0.563. The number of benzene rings is 2. The Balaban J connectivity index is 1.75. The van der Waals surface area contributed by atoms with Crippen molar-refractivity contribution in [3.8, 4) is 11.3 Å². The molecule has 0 aliphatic carbocycles. The first-order chi connectivity index (χ1) is 11.7. The molecule has 0 aliphatic rings. The van der Waals surface area contributed by atoms with E-state index in [0.717, 1.165) is 16.9 Å². The summed E-state index contributed by atoms with van der Waals surface area (Å²) in [6.45, 7) is 0. The number of aromatic nitrogens is 3. The van der Waals surface area contributed by atoms with Crippen LogP contribution in [0, 0.1) is 5.82 Å². The minimum atomic E-state index is -0.287. The standard InChI is InChI=1S/C18H14FN5/c19-13-4-1-3-12(11-13)16-5-2-6-17-22-18(23-24(16)17)21-15-9-7-14(20)8-10-15/h1-11H,20H2,(H,21,23). The molecule has 5 nitrogen and oxygen atoms in total. The predicted octanol–water partition coefficient (Wildman–Crippen LogP) is 3.86. The van der Waals surface area contributed by atoms with E-state index in [1.165, 1.54) is 12.1 Å². The monoisotopic (exact) mass is 319 g/mol. The molecule has 4 aromatic rings. The molecule has 2 heterocycles. The summed E-state index contributed by atoms with van der Waals surface area (Å²) in [4.78, 5) is 4.45. The van der Waals surface area contributed by atoms with Gasteiger partial charge in [0.25, 0.3) is 0 Å². The first kappa shape index (κ1) is 14.2. The maximum Gasteiger partial charge on any atom is 0.247 e. The first-order valence-electron chi connectivity index (χ1n) is 7.43. The number of nitrogens with one attached hydrogen (secondary N) is 1. The van der Waals surface area contributed by atoms with Gasteiger partial charge in [-0.25, -0.2) is 8.91 Å². The van der Waals surface area contributed by atoms with Crippen molar-refractivity contribution in [3.05, 3.63) is 72.5 Å². The number of fused-ring (bicyclic) bond motifs is 1. The van der Waals surface area contributed by atoms with Crippen LogP contribution in [0.4, 0.5) is 21.7 Å². The lowest BCUT2D eigenvalue weighted by Crippen LogP contribution is -1.96. The van der Waals surface area contributed by atoms with Gasteiger partial charge in [-0.05, 0) is 48.5 Å². The molecule has 2 aromatic heterocycles. The van der Waals surface area contributed by atoms with Crippen LogP contribution in [0.1, 0.15) is 0 Å². The van der Waals surface area contributed by atoms with Gasteiger partial charge in [-0.3, -0.25) is 0 Å². The zero-order valence-electron chi connectivity index (χ0n) is 12.6. The summed E-state index contributed by atoms with van der Waals surface area (Å²) in [5.41, 5.74) is 9.40.